The van der Waals surface area contributed by atoms with Gasteiger partial charge in [0.05, 0.1) is 6.20 Å². The van der Waals surface area contributed by atoms with Crippen molar-refractivity contribution in [1.82, 2.24) is 15.2 Å². The first-order chi connectivity index (χ1) is 13.1. The number of rotatable bonds is 7. The first kappa shape index (κ1) is 18.6. The van der Waals surface area contributed by atoms with E-state index in [1.54, 1.807) is 6.20 Å². The monoisotopic (exact) mass is 362 g/mol. The summed E-state index contributed by atoms with van der Waals surface area (Å²) in [4.78, 5) is 6.82. The zero-order valence-corrected chi connectivity index (χ0v) is 16.3. The van der Waals surface area contributed by atoms with Crippen molar-refractivity contribution in [1.29, 1.82) is 0 Å². The van der Waals surface area contributed by atoms with Crippen molar-refractivity contribution < 1.29 is 0 Å². The molecule has 0 bridgehead atoms. The second-order valence-corrected chi connectivity index (χ2v) is 6.45. The Morgan fingerprint density at radius 2 is 1.67 bits per heavy atom. The number of aromatic nitrogens is 3. The summed E-state index contributed by atoms with van der Waals surface area (Å²) in [6.07, 6.45) is 1.62. The number of hydrogen-bond acceptors (Lipinski definition) is 6. The van der Waals surface area contributed by atoms with Crippen LogP contribution in [0.4, 0.5) is 28.8 Å². The third-order valence-electron chi connectivity index (χ3n) is 4.46. The van der Waals surface area contributed by atoms with Crippen molar-refractivity contribution >= 4 is 28.8 Å². The van der Waals surface area contributed by atoms with Gasteiger partial charge in [-0.1, -0.05) is 17.7 Å². The zero-order valence-electron chi connectivity index (χ0n) is 16.3. The van der Waals surface area contributed by atoms with Gasteiger partial charge in [-0.3, -0.25) is 0 Å². The lowest BCUT2D eigenvalue weighted by atomic mass is 10.1. The van der Waals surface area contributed by atoms with Gasteiger partial charge in [0.2, 0.25) is 5.95 Å². The molecule has 1 aromatic heterocycles. The van der Waals surface area contributed by atoms with Crippen LogP contribution in [0.15, 0.2) is 48.7 Å². The van der Waals surface area contributed by atoms with Crippen LogP contribution in [0.3, 0.4) is 0 Å². The van der Waals surface area contributed by atoms with E-state index in [-0.39, 0.29) is 0 Å². The Morgan fingerprint density at radius 1 is 0.926 bits per heavy atom. The molecule has 6 nitrogen and oxygen atoms in total. The smallest absolute Gasteiger partial charge is 0.249 e. The second kappa shape index (κ2) is 8.49. The van der Waals surface area contributed by atoms with Crippen molar-refractivity contribution in [3.8, 4) is 0 Å². The fourth-order valence-electron chi connectivity index (χ4n) is 2.98. The maximum absolute atomic E-state index is 4.51. The van der Waals surface area contributed by atoms with E-state index in [1.165, 1.54) is 11.3 Å². The number of aryl methyl sites for hydroxylation is 2. The van der Waals surface area contributed by atoms with Gasteiger partial charge in [0, 0.05) is 30.2 Å². The van der Waals surface area contributed by atoms with E-state index in [1.807, 2.05) is 18.2 Å². The van der Waals surface area contributed by atoms with Crippen LogP contribution in [0, 0.1) is 13.8 Å². The number of nitrogens with zero attached hydrogens (tertiary/aromatic N) is 4. The summed E-state index contributed by atoms with van der Waals surface area (Å²) >= 11 is 0. The van der Waals surface area contributed by atoms with Crippen LogP contribution >= 0.6 is 0 Å². The standard InChI is InChI=1S/C21H26N6/c1-5-27(6-2)18-10-8-17(9-11-18)23-20-14-22-26-21(25-20)24-19-12-7-15(3)13-16(19)4/h7-14H,5-6H2,1-4H3,(H2,23,24,25,26). The number of anilines is 5. The maximum Gasteiger partial charge on any atom is 0.249 e. The number of benzene rings is 2. The Morgan fingerprint density at radius 3 is 2.33 bits per heavy atom. The van der Waals surface area contributed by atoms with Crippen LogP contribution in [0.1, 0.15) is 25.0 Å². The third-order valence-corrected chi connectivity index (χ3v) is 4.46. The Kier molecular flexibility index (Phi) is 5.86. The molecule has 2 N–H and O–H groups in total. The predicted molar refractivity (Wildman–Crippen MR) is 112 cm³/mol. The van der Waals surface area contributed by atoms with Crippen molar-refractivity contribution in [2.75, 3.05) is 28.6 Å². The quantitative estimate of drug-likeness (QED) is 0.628. The second-order valence-electron chi connectivity index (χ2n) is 6.45. The normalized spacial score (nSPS) is 10.5. The molecule has 0 spiro atoms. The minimum atomic E-state index is 0.465. The van der Waals surface area contributed by atoms with E-state index in [2.05, 4.69) is 82.7 Å². The Labute approximate surface area is 160 Å². The van der Waals surface area contributed by atoms with Crippen LogP contribution < -0.4 is 15.5 Å². The average Bonchev–Trinajstić information content (AvgIpc) is 2.67. The molecular weight excluding hydrogens is 336 g/mol. The molecule has 6 heteroatoms. The highest BCUT2D eigenvalue weighted by Crippen LogP contribution is 2.22. The Bertz CT molecular complexity index is 887. The molecule has 3 aromatic rings. The first-order valence-corrected chi connectivity index (χ1v) is 9.25. The van der Waals surface area contributed by atoms with E-state index in [0.717, 1.165) is 30.0 Å². The molecule has 0 radical (unpaired) electrons. The highest BCUT2D eigenvalue weighted by atomic mass is 15.3. The lowest BCUT2D eigenvalue weighted by Crippen LogP contribution is -2.21. The summed E-state index contributed by atoms with van der Waals surface area (Å²) in [5.74, 6) is 1.11. The van der Waals surface area contributed by atoms with Crippen LogP contribution in [0.5, 0.6) is 0 Å². The van der Waals surface area contributed by atoms with Gasteiger partial charge in [-0.15, -0.1) is 5.10 Å². The molecule has 27 heavy (non-hydrogen) atoms. The van der Waals surface area contributed by atoms with Crippen molar-refractivity contribution in [3.05, 3.63) is 59.8 Å². The van der Waals surface area contributed by atoms with Gasteiger partial charge in [0.15, 0.2) is 5.82 Å². The van der Waals surface area contributed by atoms with E-state index >= 15 is 0 Å². The molecule has 0 aliphatic carbocycles. The molecule has 140 valence electrons. The van der Waals surface area contributed by atoms with Crippen molar-refractivity contribution in [3.63, 3.8) is 0 Å². The molecule has 0 aliphatic heterocycles. The first-order valence-electron chi connectivity index (χ1n) is 9.25. The van der Waals surface area contributed by atoms with Crippen LogP contribution in [-0.2, 0) is 0 Å². The topological polar surface area (TPSA) is 66.0 Å². The Balaban J connectivity index is 1.72. The molecule has 2 aromatic carbocycles. The highest BCUT2D eigenvalue weighted by Gasteiger charge is 2.05. The fraction of sp³-hybridized carbons (Fsp3) is 0.286. The molecule has 0 saturated heterocycles. The molecule has 0 aliphatic rings. The molecule has 1 heterocycles. The summed E-state index contributed by atoms with van der Waals surface area (Å²) in [5.41, 5.74) is 5.51. The molecule has 0 fully saturated rings. The zero-order chi connectivity index (χ0) is 19.2. The van der Waals surface area contributed by atoms with E-state index in [4.69, 9.17) is 0 Å². The summed E-state index contributed by atoms with van der Waals surface area (Å²) < 4.78 is 0. The largest absolute Gasteiger partial charge is 0.372 e. The molecule has 0 unspecified atom stereocenters. The van der Waals surface area contributed by atoms with E-state index < -0.39 is 0 Å². The molecule has 0 saturated carbocycles. The van der Waals surface area contributed by atoms with Crippen molar-refractivity contribution in [2.45, 2.75) is 27.7 Å². The minimum absolute atomic E-state index is 0.465. The van der Waals surface area contributed by atoms with Gasteiger partial charge in [0.25, 0.3) is 0 Å². The maximum atomic E-state index is 4.51. The SMILES string of the molecule is CCN(CC)c1ccc(Nc2cnnc(Nc3ccc(C)cc3C)n2)cc1. The lowest BCUT2D eigenvalue weighted by molar-refractivity contribution is 0.866. The summed E-state index contributed by atoms with van der Waals surface area (Å²) in [6.45, 7) is 10.4. The average molecular weight is 362 g/mol. The lowest BCUT2D eigenvalue weighted by Gasteiger charge is -2.21. The summed E-state index contributed by atoms with van der Waals surface area (Å²) in [7, 11) is 0. The van der Waals surface area contributed by atoms with Crippen molar-refractivity contribution in [2.24, 2.45) is 0 Å². The Hall–Kier alpha value is -3.15. The fourth-order valence-corrected chi connectivity index (χ4v) is 2.98. The van der Waals surface area contributed by atoms with Gasteiger partial charge in [-0.25, -0.2) is 0 Å². The minimum Gasteiger partial charge on any atom is -0.372 e. The van der Waals surface area contributed by atoms with Crippen LogP contribution in [0.25, 0.3) is 0 Å². The highest BCUT2D eigenvalue weighted by molar-refractivity contribution is 5.63. The number of nitrogens with one attached hydrogen (secondary N) is 2. The van der Waals surface area contributed by atoms with Gasteiger partial charge < -0.3 is 15.5 Å². The summed E-state index contributed by atoms with van der Waals surface area (Å²) in [5, 5.41) is 14.6. The van der Waals surface area contributed by atoms with Crippen LogP contribution in [-0.4, -0.2) is 28.3 Å². The van der Waals surface area contributed by atoms with Gasteiger partial charge in [-0.2, -0.15) is 10.1 Å². The summed E-state index contributed by atoms with van der Waals surface area (Å²) in [6, 6.07) is 14.5. The molecule has 3 rings (SSSR count). The van der Waals surface area contributed by atoms with Gasteiger partial charge >= 0.3 is 0 Å². The van der Waals surface area contributed by atoms with Gasteiger partial charge in [-0.05, 0) is 63.6 Å². The molecular formula is C21H26N6. The van der Waals surface area contributed by atoms with Gasteiger partial charge in [0.1, 0.15) is 0 Å². The van der Waals surface area contributed by atoms with E-state index in [9.17, 15) is 0 Å². The predicted octanol–water partition coefficient (Wildman–Crippen LogP) is 4.82. The molecule has 0 atom stereocenters. The third kappa shape index (κ3) is 4.73. The molecule has 0 amide bonds. The number of hydrogen-bond donors (Lipinski definition) is 2. The van der Waals surface area contributed by atoms with E-state index in [0.29, 0.717) is 11.8 Å². The van der Waals surface area contributed by atoms with Crippen LogP contribution in [0.2, 0.25) is 0 Å².